The van der Waals surface area contributed by atoms with Gasteiger partial charge < -0.3 is 14.9 Å². The minimum atomic E-state index is -2.87. The summed E-state index contributed by atoms with van der Waals surface area (Å²) in [6.07, 6.45) is -3.98. The first kappa shape index (κ1) is 19.8. The number of aromatic carboxylic acids is 1. The summed E-state index contributed by atoms with van der Waals surface area (Å²) < 4.78 is 34.3. The third kappa shape index (κ3) is 3.70. The number of aliphatic hydroxyl groups excluding tert-OH is 1. The van der Waals surface area contributed by atoms with Crippen molar-refractivity contribution >= 4 is 5.97 Å². The number of nitrogens with zero attached hydrogens (tertiary/aromatic N) is 2. The number of carboxylic acids is 1. The maximum Gasteiger partial charge on any atom is 0.356 e. The largest absolute Gasteiger partial charge is 0.476 e. The van der Waals surface area contributed by atoms with Gasteiger partial charge in [-0.05, 0) is 46.2 Å². The summed E-state index contributed by atoms with van der Waals surface area (Å²) in [6, 6.07) is 4.25. The van der Waals surface area contributed by atoms with Gasteiger partial charge in [0.1, 0.15) is 5.75 Å². The van der Waals surface area contributed by atoms with Crippen LogP contribution >= 0.6 is 0 Å². The van der Waals surface area contributed by atoms with Crippen molar-refractivity contribution in [3.63, 3.8) is 0 Å². The van der Waals surface area contributed by atoms with Crippen LogP contribution in [0.3, 0.4) is 0 Å². The summed E-state index contributed by atoms with van der Waals surface area (Å²) >= 11 is 0. The molecule has 0 fully saturated rings. The number of aliphatic hydroxyl groups is 1. The van der Waals surface area contributed by atoms with Gasteiger partial charge in [0.2, 0.25) is 5.88 Å². The first-order valence-corrected chi connectivity index (χ1v) is 8.05. The van der Waals surface area contributed by atoms with Crippen LogP contribution in [0.5, 0.6) is 11.6 Å². The van der Waals surface area contributed by atoms with E-state index in [-0.39, 0.29) is 28.5 Å². The Morgan fingerprint density at radius 2 is 1.92 bits per heavy atom. The number of rotatable bonds is 5. The summed E-state index contributed by atoms with van der Waals surface area (Å²) in [5.41, 5.74) is -0.994. The molecule has 0 aliphatic carbocycles. The Kier molecular flexibility index (Phi) is 5.36. The molecule has 0 saturated heterocycles. The Bertz CT molecular complexity index is 823. The standard InChI is InChI=1S/C18H22F2N2O4/c1-9-14(17(24)25)21-22(18(3,4)5)16(9)26-12-8-6-7-11(10(2)23)13(12)15(19)20/h6-8,10,15,23H,1-5H3,(H,24,25). The maximum atomic E-state index is 13.6. The Balaban J connectivity index is 2.66. The molecule has 1 aromatic carbocycles. The predicted octanol–water partition coefficient (Wildman–Crippen LogP) is 4.43. The van der Waals surface area contributed by atoms with Gasteiger partial charge in [0.15, 0.2) is 5.69 Å². The number of carbonyl (C=O) groups is 1. The molecule has 1 heterocycles. The second-order valence-electron chi connectivity index (χ2n) is 7.00. The van der Waals surface area contributed by atoms with E-state index in [1.807, 2.05) is 0 Å². The quantitative estimate of drug-likeness (QED) is 0.816. The minimum Gasteiger partial charge on any atom is -0.476 e. The highest BCUT2D eigenvalue weighted by atomic mass is 19.3. The summed E-state index contributed by atoms with van der Waals surface area (Å²) in [4.78, 5) is 11.4. The molecule has 0 saturated carbocycles. The van der Waals surface area contributed by atoms with Gasteiger partial charge in [-0.25, -0.2) is 18.3 Å². The zero-order valence-corrected chi connectivity index (χ0v) is 15.2. The number of benzene rings is 1. The molecule has 0 aliphatic heterocycles. The second kappa shape index (κ2) is 7.03. The normalized spacial score (nSPS) is 13.1. The number of alkyl halides is 2. The molecule has 0 amide bonds. The summed E-state index contributed by atoms with van der Waals surface area (Å²) in [6.45, 7) is 8.27. The van der Waals surface area contributed by atoms with E-state index in [2.05, 4.69) is 5.10 Å². The molecule has 2 N–H and O–H groups in total. The van der Waals surface area contributed by atoms with Crippen LogP contribution in [0.15, 0.2) is 18.2 Å². The molecule has 0 radical (unpaired) electrons. The zero-order chi connectivity index (χ0) is 19.8. The first-order valence-electron chi connectivity index (χ1n) is 8.05. The van der Waals surface area contributed by atoms with Gasteiger partial charge in [0, 0.05) is 5.56 Å². The van der Waals surface area contributed by atoms with Crippen molar-refractivity contribution in [3.05, 3.63) is 40.6 Å². The number of ether oxygens (including phenoxy) is 1. The van der Waals surface area contributed by atoms with Gasteiger partial charge in [0.25, 0.3) is 6.43 Å². The van der Waals surface area contributed by atoms with Gasteiger partial charge >= 0.3 is 5.97 Å². The summed E-state index contributed by atoms with van der Waals surface area (Å²) in [5, 5.41) is 23.1. The fraction of sp³-hybridized carbons (Fsp3) is 0.444. The van der Waals surface area contributed by atoms with Crippen molar-refractivity contribution in [2.24, 2.45) is 0 Å². The second-order valence-corrected chi connectivity index (χ2v) is 7.00. The zero-order valence-electron chi connectivity index (χ0n) is 15.2. The van der Waals surface area contributed by atoms with Gasteiger partial charge in [-0.15, -0.1) is 0 Å². The molecule has 6 nitrogen and oxygen atoms in total. The van der Waals surface area contributed by atoms with Crippen LogP contribution in [0.4, 0.5) is 8.78 Å². The number of aromatic nitrogens is 2. The average molecular weight is 368 g/mol. The number of hydrogen-bond acceptors (Lipinski definition) is 4. The van der Waals surface area contributed by atoms with E-state index >= 15 is 0 Å². The van der Waals surface area contributed by atoms with Gasteiger partial charge in [0.05, 0.1) is 17.2 Å². The van der Waals surface area contributed by atoms with E-state index < -0.39 is 29.6 Å². The molecule has 2 aromatic rings. The number of halogens is 2. The van der Waals surface area contributed by atoms with Gasteiger partial charge in [-0.3, -0.25) is 0 Å². The van der Waals surface area contributed by atoms with Crippen LogP contribution in [0.25, 0.3) is 0 Å². The van der Waals surface area contributed by atoms with Crippen molar-refractivity contribution in [2.45, 2.75) is 52.7 Å². The fourth-order valence-corrected chi connectivity index (χ4v) is 2.61. The topological polar surface area (TPSA) is 84.6 Å². The van der Waals surface area contributed by atoms with E-state index in [4.69, 9.17) is 4.74 Å². The number of hydrogen-bond donors (Lipinski definition) is 2. The molecule has 142 valence electrons. The Morgan fingerprint density at radius 1 is 1.31 bits per heavy atom. The minimum absolute atomic E-state index is 0.0513. The third-order valence-electron chi connectivity index (χ3n) is 3.88. The van der Waals surface area contributed by atoms with Crippen LogP contribution in [0.2, 0.25) is 0 Å². The molecule has 26 heavy (non-hydrogen) atoms. The van der Waals surface area contributed by atoms with E-state index in [1.54, 1.807) is 20.8 Å². The van der Waals surface area contributed by atoms with Crippen LogP contribution in [0, 0.1) is 6.92 Å². The lowest BCUT2D eigenvalue weighted by atomic mass is 10.0. The molecule has 1 aromatic heterocycles. The lowest BCUT2D eigenvalue weighted by molar-refractivity contribution is 0.0688. The van der Waals surface area contributed by atoms with Crippen molar-refractivity contribution in [1.29, 1.82) is 0 Å². The smallest absolute Gasteiger partial charge is 0.356 e. The molecular formula is C18H22F2N2O4. The van der Waals surface area contributed by atoms with Crippen LogP contribution in [0.1, 0.15) is 67.4 Å². The molecule has 1 unspecified atom stereocenters. The molecule has 0 bridgehead atoms. The maximum absolute atomic E-state index is 13.6. The van der Waals surface area contributed by atoms with Crippen LogP contribution < -0.4 is 4.74 Å². The molecule has 0 spiro atoms. The van der Waals surface area contributed by atoms with Crippen molar-refractivity contribution in [2.75, 3.05) is 0 Å². The van der Waals surface area contributed by atoms with Crippen molar-refractivity contribution in [1.82, 2.24) is 9.78 Å². The lowest BCUT2D eigenvalue weighted by Crippen LogP contribution is -2.24. The molecule has 8 heteroatoms. The molecule has 2 rings (SSSR count). The molecule has 0 aliphatic rings. The van der Waals surface area contributed by atoms with Crippen LogP contribution in [-0.4, -0.2) is 26.0 Å². The van der Waals surface area contributed by atoms with E-state index in [0.717, 1.165) is 0 Å². The average Bonchev–Trinajstić information content (AvgIpc) is 2.84. The fourth-order valence-electron chi connectivity index (χ4n) is 2.61. The van der Waals surface area contributed by atoms with Gasteiger partial charge in [-0.1, -0.05) is 12.1 Å². The molecule has 1 atom stereocenters. The van der Waals surface area contributed by atoms with Crippen molar-refractivity contribution in [3.8, 4) is 11.6 Å². The highest BCUT2D eigenvalue weighted by Gasteiger charge is 2.29. The number of carboxylic acid groups (broad SMARTS) is 1. The Morgan fingerprint density at radius 3 is 2.38 bits per heavy atom. The first-order chi connectivity index (χ1) is 11.9. The van der Waals surface area contributed by atoms with E-state index in [9.17, 15) is 23.8 Å². The SMILES string of the molecule is Cc1c(C(=O)O)nn(C(C)(C)C)c1Oc1cccc(C(C)O)c1C(F)F. The highest BCUT2D eigenvalue weighted by molar-refractivity contribution is 5.87. The van der Waals surface area contributed by atoms with E-state index in [1.165, 1.54) is 36.7 Å². The monoisotopic (exact) mass is 368 g/mol. The van der Waals surface area contributed by atoms with Crippen molar-refractivity contribution < 1.29 is 28.5 Å². The van der Waals surface area contributed by atoms with E-state index in [0.29, 0.717) is 0 Å². The van der Waals surface area contributed by atoms with Crippen LogP contribution in [-0.2, 0) is 5.54 Å². The third-order valence-corrected chi connectivity index (χ3v) is 3.88. The lowest BCUT2D eigenvalue weighted by Gasteiger charge is -2.23. The molecular weight excluding hydrogens is 346 g/mol. The summed E-state index contributed by atoms with van der Waals surface area (Å²) in [7, 11) is 0. The predicted molar refractivity (Wildman–Crippen MR) is 91.0 cm³/mol. The highest BCUT2D eigenvalue weighted by Crippen LogP contribution is 2.39. The summed E-state index contributed by atoms with van der Waals surface area (Å²) in [5.74, 6) is -1.31. The Labute approximate surface area is 150 Å². The van der Waals surface area contributed by atoms with Gasteiger partial charge in [-0.2, -0.15) is 5.10 Å². The Hall–Kier alpha value is -2.48.